The Labute approximate surface area is 105 Å². The lowest BCUT2D eigenvalue weighted by Gasteiger charge is -2.27. The summed E-state index contributed by atoms with van der Waals surface area (Å²) in [7, 11) is 0. The number of nitrogen functional groups attached to an aromatic ring is 1. The molecule has 1 unspecified atom stereocenters. The molecule has 0 aliphatic carbocycles. The SMILES string of the molecule is CC(C)C1CCCN1CCc1cccc(N)c1. The molecule has 17 heavy (non-hydrogen) atoms. The first-order valence-electron chi connectivity index (χ1n) is 6.75. The van der Waals surface area contributed by atoms with Gasteiger partial charge in [-0.3, -0.25) is 4.90 Å². The van der Waals surface area contributed by atoms with Gasteiger partial charge in [-0.25, -0.2) is 0 Å². The monoisotopic (exact) mass is 232 g/mol. The van der Waals surface area contributed by atoms with Gasteiger partial charge in [0.05, 0.1) is 0 Å². The van der Waals surface area contributed by atoms with Crippen LogP contribution < -0.4 is 5.73 Å². The molecule has 1 heterocycles. The number of nitrogens with two attached hydrogens (primary N) is 1. The lowest BCUT2D eigenvalue weighted by molar-refractivity contribution is 0.209. The molecule has 0 bridgehead atoms. The van der Waals surface area contributed by atoms with Gasteiger partial charge in [-0.05, 0) is 49.4 Å². The summed E-state index contributed by atoms with van der Waals surface area (Å²) in [6, 6.07) is 9.07. The summed E-state index contributed by atoms with van der Waals surface area (Å²) in [6.07, 6.45) is 3.85. The van der Waals surface area contributed by atoms with Gasteiger partial charge < -0.3 is 5.73 Å². The van der Waals surface area contributed by atoms with E-state index in [1.165, 1.54) is 31.5 Å². The molecule has 2 rings (SSSR count). The number of benzene rings is 1. The minimum atomic E-state index is 0.776. The van der Waals surface area contributed by atoms with Crippen LogP contribution in [0.3, 0.4) is 0 Å². The molecule has 2 heteroatoms. The molecule has 1 aliphatic rings. The van der Waals surface area contributed by atoms with Crippen LogP contribution in [0.1, 0.15) is 32.3 Å². The molecule has 1 aliphatic heterocycles. The summed E-state index contributed by atoms with van der Waals surface area (Å²) < 4.78 is 0. The van der Waals surface area contributed by atoms with E-state index in [9.17, 15) is 0 Å². The van der Waals surface area contributed by atoms with Crippen molar-refractivity contribution in [2.45, 2.75) is 39.2 Å². The second-order valence-electron chi connectivity index (χ2n) is 5.48. The van der Waals surface area contributed by atoms with Gasteiger partial charge in [0.15, 0.2) is 0 Å². The normalized spacial score (nSPS) is 21.2. The van der Waals surface area contributed by atoms with Crippen molar-refractivity contribution < 1.29 is 0 Å². The van der Waals surface area contributed by atoms with Gasteiger partial charge in [0.2, 0.25) is 0 Å². The Balaban J connectivity index is 1.89. The van der Waals surface area contributed by atoms with E-state index in [1.807, 2.05) is 6.07 Å². The van der Waals surface area contributed by atoms with E-state index in [-0.39, 0.29) is 0 Å². The molecule has 0 spiro atoms. The van der Waals surface area contributed by atoms with E-state index < -0.39 is 0 Å². The predicted octanol–water partition coefficient (Wildman–Crippen LogP) is 2.93. The molecule has 0 radical (unpaired) electrons. The van der Waals surface area contributed by atoms with Gasteiger partial charge >= 0.3 is 0 Å². The number of anilines is 1. The van der Waals surface area contributed by atoms with Crippen molar-refractivity contribution in [1.29, 1.82) is 0 Å². The summed E-state index contributed by atoms with van der Waals surface area (Å²) >= 11 is 0. The van der Waals surface area contributed by atoms with Crippen LogP contribution in [0.2, 0.25) is 0 Å². The number of rotatable bonds is 4. The van der Waals surface area contributed by atoms with Crippen LogP contribution in [0.15, 0.2) is 24.3 Å². The van der Waals surface area contributed by atoms with Crippen LogP contribution in [-0.2, 0) is 6.42 Å². The maximum atomic E-state index is 5.80. The van der Waals surface area contributed by atoms with Crippen LogP contribution in [0.5, 0.6) is 0 Å². The highest BCUT2D eigenvalue weighted by Gasteiger charge is 2.26. The molecule has 1 aromatic rings. The van der Waals surface area contributed by atoms with Gasteiger partial charge in [0, 0.05) is 18.3 Å². The third-order valence-corrected chi connectivity index (χ3v) is 3.82. The van der Waals surface area contributed by atoms with Gasteiger partial charge in [-0.1, -0.05) is 26.0 Å². The van der Waals surface area contributed by atoms with Crippen LogP contribution in [-0.4, -0.2) is 24.0 Å². The summed E-state index contributed by atoms with van der Waals surface area (Å²) in [5.74, 6) is 0.776. The van der Waals surface area contributed by atoms with Crippen molar-refractivity contribution in [2.24, 2.45) is 5.92 Å². The largest absolute Gasteiger partial charge is 0.399 e. The molecule has 0 saturated carbocycles. The average Bonchev–Trinajstić information content (AvgIpc) is 2.74. The van der Waals surface area contributed by atoms with E-state index in [0.717, 1.165) is 24.1 Å². The van der Waals surface area contributed by atoms with Crippen molar-refractivity contribution in [1.82, 2.24) is 4.90 Å². The molecule has 2 N–H and O–H groups in total. The molecule has 0 amide bonds. The molecule has 2 nitrogen and oxygen atoms in total. The van der Waals surface area contributed by atoms with E-state index in [4.69, 9.17) is 5.73 Å². The van der Waals surface area contributed by atoms with E-state index in [0.29, 0.717) is 0 Å². The van der Waals surface area contributed by atoms with Gasteiger partial charge in [-0.2, -0.15) is 0 Å². The van der Waals surface area contributed by atoms with E-state index in [2.05, 4.69) is 36.9 Å². The highest BCUT2D eigenvalue weighted by Crippen LogP contribution is 2.23. The number of nitrogens with zero attached hydrogens (tertiary/aromatic N) is 1. The first-order chi connectivity index (χ1) is 8.16. The molecular weight excluding hydrogens is 208 g/mol. The van der Waals surface area contributed by atoms with Crippen molar-refractivity contribution in [3.05, 3.63) is 29.8 Å². The van der Waals surface area contributed by atoms with Crippen LogP contribution >= 0.6 is 0 Å². The lowest BCUT2D eigenvalue weighted by Crippen LogP contribution is -2.34. The topological polar surface area (TPSA) is 29.3 Å². The first kappa shape index (κ1) is 12.4. The molecule has 1 atom stereocenters. The Morgan fingerprint density at radius 1 is 1.41 bits per heavy atom. The molecular formula is C15H24N2. The maximum Gasteiger partial charge on any atom is 0.0316 e. The lowest BCUT2D eigenvalue weighted by atomic mass is 10.0. The van der Waals surface area contributed by atoms with Crippen molar-refractivity contribution in [2.75, 3.05) is 18.8 Å². The highest BCUT2D eigenvalue weighted by atomic mass is 15.2. The number of hydrogen-bond donors (Lipinski definition) is 1. The van der Waals surface area contributed by atoms with Crippen LogP contribution in [0, 0.1) is 5.92 Å². The summed E-state index contributed by atoms with van der Waals surface area (Å²) in [4.78, 5) is 2.65. The van der Waals surface area contributed by atoms with Crippen molar-refractivity contribution >= 4 is 5.69 Å². The minimum absolute atomic E-state index is 0.776. The molecule has 94 valence electrons. The van der Waals surface area contributed by atoms with E-state index in [1.54, 1.807) is 0 Å². The fourth-order valence-corrected chi connectivity index (χ4v) is 2.91. The molecule has 1 saturated heterocycles. The highest BCUT2D eigenvalue weighted by molar-refractivity contribution is 5.40. The average molecular weight is 232 g/mol. The molecule has 1 aromatic carbocycles. The van der Waals surface area contributed by atoms with Crippen LogP contribution in [0.25, 0.3) is 0 Å². The van der Waals surface area contributed by atoms with E-state index >= 15 is 0 Å². The third-order valence-electron chi connectivity index (χ3n) is 3.82. The Morgan fingerprint density at radius 2 is 2.24 bits per heavy atom. The van der Waals surface area contributed by atoms with Crippen molar-refractivity contribution in [3.8, 4) is 0 Å². The summed E-state index contributed by atoms with van der Waals surface area (Å²) in [6.45, 7) is 7.12. The fraction of sp³-hybridized carbons (Fsp3) is 0.600. The maximum absolute atomic E-state index is 5.80. The zero-order valence-corrected chi connectivity index (χ0v) is 11.0. The Hall–Kier alpha value is -1.02. The number of hydrogen-bond acceptors (Lipinski definition) is 2. The minimum Gasteiger partial charge on any atom is -0.399 e. The summed E-state index contributed by atoms with van der Waals surface area (Å²) in [5, 5.41) is 0. The summed E-state index contributed by atoms with van der Waals surface area (Å²) in [5.41, 5.74) is 8.04. The second kappa shape index (κ2) is 5.54. The Morgan fingerprint density at radius 3 is 2.94 bits per heavy atom. The predicted molar refractivity (Wildman–Crippen MR) is 74.0 cm³/mol. The Bertz CT molecular complexity index is 360. The third kappa shape index (κ3) is 3.22. The molecule has 1 fully saturated rings. The fourth-order valence-electron chi connectivity index (χ4n) is 2.91. The smallest absolute Gasteiger partial charge is 0.0316 e. The zero-order chi connectivity index (χ0) is 12.3. The zero-order valence-electron chi connectivity index (χ0n) is 11.0. The van der Waals surface area contributed by atoms with Gasteiger partial charge in [-0.15, -0.1) is 0 Å². The first-order valence-corrected chi connectivity index (χ1v) is 6.75. The van der Waals surface area contributed by atoms with Gasteiger partial charge in [0.25, 0.3) is 0 Å². The van der Waals surface area contributed by atoms with Crippen LogP contribution in [0.4, 0.5) is 5.69 Å². The molecule has 0 aromatic heterocycles. The number of likely N-dealkylation sites (tertiary alicyclic amines) is 1. The van der Waals surface area contributed by atoms with Gasteiger partial charge in [0.1, 0.15) is 0 Å². The quantitative estimate of drug-likeness (QED) is 0.809. The second-order valence-corrected chi connectivity index (χ2v) is 5.48. The standard InChI is InChI=1S/C15H24N2/c1-12(2)15-7-4-9-17(15)10-8-13-5-3-6-14(16)11-13/h3,5-6,11-12,15H,4,7-10,16H2,1-2H3. The Kier molecular flexibility index (Phi) is 4.06. The van der Waals surface area contributed by atoms with Crippen molar-refractivity contribution in [3.63, 3.8) is 0 Å².